The molecular formula is C18H20N6O2. The molecule has 1 aromatic carbocycles. The van der Waals surface area contributed by atoms with Gasteiger partial charge in [-0.05, 0) is 37.1 Å². The Morgan fingerprint density at radius 2 is 2.15 bits per heavy atom. The monoisotopic (exact) mass is 352 g/mol. The lowest BCUT2D eigenvalue weighted by molar-refractivity contribution is 0.201. The minimum atomic E-state index is 0.101. The molecule has 0 radical (unpaired) electrons. The van der Waals surface area contributed by atoms with E-state index < -0.39 is 0 Å². The summed E-state index contributed by atoms with van der Waals surface area (Å²) >= 11 is 0. The second kappa shape index (κ2) is 7.09. The van der Waals surface area contributed by atoms with Crippen LogP contribution < -0.4 is 10.5 Å². The maximum Gasteiger partial charge on any atom is 0.244 e. The van der Waals surface area contributed by atoms with Crippen molar-refractivity contribution in [2.24, 2.45) is 0 Å². The summed E-state index contributed by atoms with van der Waals surface area (Å²) in [6, 6.07) is 8.21. The third-order valence-electron chi connectivity index (χ3n) is 4.62. The molecule has 1 saturated heterocycles. The fraction of sp³-hybridized carbons (Fsp3) is 0.333. The first-order valence-electron chi connectivity index (χ1n) is 8.51. The molecule has 2 N–H and O–H groups in total. The first-order valence-corrected chi connectivity index (χ1v) is 8.51. The van der Waals surface area contributed by atoms with Crippen molar-refractivity contribution in [2.45, 2.75) is 25.4 Å². The Labute approximate surface area is 151 Å². The number of benzene rings is 1. The molecule has 0 bridgehead atoms. The van der Waals surface area contributed by atoms with Crippen LogP contribution in [-0.4, -0.2) is 38.7 Å². The predicted octanol–water partition coefficient (Wildman–Crippen LogP) is 2.45. The standard InChI is InChI=1S/C18H20N6O2/c1-25-13-6-4-12(5-7-13)10-24-8-2-3-15(24)18-22-17(23-26-18)14-9-20-11-21-16(14)19/h4-7,9,11,15H,2-3,8,10H2,1H3,(H2,19,20,21)/t15-/m0/s1. The fourth-order valence-corrected chi connectivity index (χ4v) is 3.25. The molecule has 134 valence electrons. The van der Waals surface area contributed by atoms with E-state index in [1.807, 2.05) is 12.1 Å². The molecule has 2 aromatic heterocycles. The van der Waals surface area contributed by atoms with Crippen LogP contribution in [-0.2, 0) is 6.54 Å². The Kier molecular flexibility index (Phi) is 4.49. The number of aromatic nitrogens is 4. The van der Waals surface area contributed by atoms with Crippen LogP contribution in [0.15, 0.2) is 41.3 Å². The highest BCUT2D eigenvalue weighted by Gasteiger charge is 2.31. The zero-order chi connectivity index (χ0) is 17.9. The van der Waals surface area contributed by atoms with Gasteiger partial charge in [0, 0.05) is 12.7 Å². The Bertz CT molecular complexity index is 879. The summed E-state index contributed by atoms with van der Waals surface area (Å²) in [6.45, 7) is 1.81. The van der Waals surface area contributed by atoms with E-state index in [1.54, 1.807) is 13.3 Å². The Morgan fingerprint density at radius 1 is 1.31 bits per heavy atom. The zero-order valence-electron chi connectivity index (χ0n) is 14.5. The van der Waals surface area contributed by atoms with Crippen LogP contribution in [0.1, 0.15) is 30.3 Å². The quantitative estimate of drug-likeness (QED) is 0.747. The number of rotatable bonds is 5. The van der Waals surface area contributed by atoms with E-state index in [2.05, 4.69) is 37.1 Å². The first kappa shape index (κ1) is 16.5. The van der Waals surface area contributed by atoms with Crippen LogP contribution in [0.5, 0.6) is 5.75 Å². The summed E-state index contributed by atoms with van der Waals surface area (Å²) < 4.78 is 10.7. The summed E-state index contributed by atoms with van der Waals surface area (Å²) in [5.74, 6) is 2.23. The van der Waals surface area contributed by atoms with Crippen LogP contribution in [0.25, 0.3) is 11.4 Å². The maximum absolute atomic E-state index is 5.87. The van der Waals surface area contributed by atoms with Gasteiger partial charge in [0.05, 0.1) is 18.7 Å². The fourth-order valence-electron chi connectivity index (χ4n) is 3.25. The average molecular weight is 352 g/mol. The van der Waals surface area contributed by atoms with E-state index >= 15 is 0 Å². The molecule has 1 atom stereocenters. The number of nitrogens with zero attached hydrogens (tertiary/aromatic N) is 5. The topological polar surface area (TPSA) is 103 Å². The molecule has 3 heterocycles. The summed E-state index contributed by atoms with van der Waals surface area (Å²) in [5, 5.41) is 4.07. The lowest BCUT2D eigenvalue weighted by Crippen LogP contribution is -2.23. The van der Waals surface area contributed by atoms with Gasteiger partial charge in [-0.25, -0.2) is 9.97 Å². The van der Waals surface area contributed by atoms with Gasteiger partial charge in [0.15, 0.2) is 0 Å². The molecule has 26 heavy (non-hydrogen) atoms. The van der Waals surface area contributed by atoms with Crippen molar-refractivity contribution in [3.63, 3.8) is 0 Å². The minimum absolute atomic E-state index is 0.101. The average Bonchev–Trinajstić information content (AvgIpc) is 3.32. The highest BCUT2D eigenvalue weighted by molar-refractivity contribution is 5.66. The van der Waals surface area contributed by atoms with E-state index in [1.165, 1.54) is 11.9 Å². The second-order valence-corrected chi connectivity index (χ2v) is 6.25. The number of anilines is 1. The van der Waals surface area contributed by atoms with Gasteiger partial charge in [0.1, 0.15) is 17.9 Å². The van der Waals surface area contributed by atoms with Gasteiger partial charge in [0.2, 0.25) is 11.7 Å². The van der Waals surface area contributed by atoms with Gasteiger partial charge in [-0.3, -0.25) is 4.90 Å². The zero-order valence-corrected chi connectivity index (χ0v) is 14.5. The molecule has 0 unspecified atom stereocenters. The normalized spacial score (nSPS) is 17.5. The van der Waals surface area contributed by atoms with Crippen molar-refractivity contribution < 1.29 is 9.26 Å². The highest BCUT2D eigenvalue weighted by Crippen LogP contribution is 2.33. The van der Waals surface area contributed by atoms with Gasteiger partial charge in [-0.2, -0.15) is 4.98 Å². The maximum atomic E-state index is 5.87. The molecule has 8 nitrogen and oxygen atoms in total. The van der Waals surface area contributed by atoms with Crippen LogP contribution in [0.2, 0.25) is 0 Å². The molecule has 1 aliphatic heterocycles. The molecule has 8 heteroatoms. The van der Waals surface area contributed by atoms with Crippen molar-refractivity contribution in [1.29, 1.82) is 0 Å². The molecular weight excluding hydrogens is 332 g/mol. The van der Waals surface area contributed by atoms with E-state index in [4.69, 9.17) is 15.0 Å². The van der Waals surface area contributed by atoms with Crippen LogP contribution >= 0.6 is 0 Å². The lowest BCUT2D eigenvalue weighted by Gasteiger charge is -2.21. The van der Waals surface area contributed by atoms with Crippen LogP contribution in [0.3, 0.4) is 0 Å². The van der Waals surface area contributed by atoms with Crippen molar-refractivity contribution >= 4 is 5.82 Å². The number of hydrogen-bond donors (Lipinski definition) is 1. The molecule has 4 rings (SSSR count). The molecule has 0 aliphatic carbocycles. The smallest absolute Gasteiger partial charge is 0.244 e. The minimum Gasteiger partial charge on any atom is -0.497 e. The Hall–Kier alpha value is -3.00. The molecule has 1 fully saturated rings. The number of nitrogens with two attached hydrogens (primary N) is 1. The second-order valence-electron chi connectivity index (χ2n) is 6.25. The van der Waals surface area contributed by atoms with Gasteiger partial charge in [-0.15, -0.1) is 0 Å². The number of methoxy groups -OCH3 is 1. The number of hydrogen-bond acceptors (Lipinski definition) is 8. The number of ether oxygens (including phenoxy) is 1. The third kappa shape index (κ3) is 3.23. The molecule has 0 amide bonds. The summed E-state index contributed by atoms with van der Waals surface area (Å²) in [6.07, 6.45) is 5.07. The molecule has 0 saturated carbocycles. The summed E-state index contributed by atoms with van der Waals surface area (Å²) in [7, 11) is 1.67. The van der Waals surface area contributed by atoms with Crippen molar-refractivity contribution in [3.05, 3.63) is 48.2 Å². The number of likely N-dealkylation sites (tertiary alicyclic amines) is 1. The molecule has 3 aromatic rings. The van der Waals surface area contributed by atoms with Crippen molar-refractivity contribution in [3.8, 4) is 17.1 Å². The van der Waals surface area contributed by atoms with E-state index in [0.717, 1.165) is 31.7 Å². The van der Waals surface area contributed by atoms with E-state index in [-0.39, 0.29) is 6.04 Å². The number of nitrogen functional groups attached to an aromatic ring is 1. The van der Waals surface area contributed by atoms with Crippen LogP contribution in [0.4, 0.5) is 5.82 Å². The Morgan fingerprint density at radius 3 is 2.92 bits per heavy atom. The van der Waals surface area contributed by atoms with Gasteiger partial charge >= 0.3 is 0 Å². The summed E-state index contributed by atoms with van der Waals surface area (Å²) in [4.78, 5) is 14.8. The van der Waals surface area contributed by atoms with Crippen molar-refractivity contribution in [2.75, 3.05) is 19.4 Å². The highest BCUT2D eigenvalue weighted by atomic mass is 16.5. The summed E-state index contributed by atoms with van der Waals surface area (Å²) in [5.41, 5.74) is 7.68. The lowest BCUT2D eigenvalue weighted by atomic mass is 10.1. The Balaban J connectivity index is 1.52. The van der Waals surface area contributed by atoms with Gasteiger partial charge < -0.3 is 15.0 Å². The van der Waals surface area contributed by atoms with Gasteiger partial charge in [0.25, 0.3) is 0 Å². The molecule has 1 aliphatic rings. The largest absolute Gasteiger partial charge is 0.497 e. The van der Waals surface area contributed by atoms with Crippen LogP contribution in [0, 0.1) is 0 Å². The molecule has 0 spiro atoms. The third-order valence-corrected chi connectivity index (χ3v) is 4.62. The predicted molar refractivity (Wildman–Crippen MR) is 95.1 cm³/mol. The van der Waals surface area contributed by atoms with Crippen molar-refractivity contribution in [1.82, 2.24) is 25.0 Å². The first-order chi connectivity index (χ1) is 12.7. The van der Waals surface area contributed by atoms with E-state index in [9.17, 15) is 0 Å². The SMILES string of the molecule is COc1ccc(CN2CCC[C@H]2c2nc(-c3cncnc3N)no2)cc1. The van der Waals surface area contributed by atoms with Gasteiger partial charge in [-0.1, -0.05) is 17.3 Å². The van der Waals surface area contributed by atoms with E-state index in [0.29, 0.717) is 23.1 Å².